The molecule has 3 heteroatoms. The van der Waals surface area contributed by atoms with E-state index < -0.39 is 5.41 Å². The highest BCUT2D eigenvalue weighted by Gasteiger charge is 2.56. The third-order valence-electron chi connectivity index (χ3n) is 4.64. The van der Waals surface area contributed by atoms with Crippen LogP contribution < -0.4 is 5.32 Å². The number of nitrogens with zero attached hydrogens (tertiary/aromatic N) is 1. The van der Waals surface area contributed by atoms with Gasteiger partial charge in [0.05, 0.1) is 11.5 Å². The molecule has 1 N–H and O–H groups in total. The summed E-state index contributed by atoms with van der Waals surface area (Å²) in [6.07, 6.45) is 2.20. The lowest BCUT2D eigenvalue weighted by molar-refractivity contribution is -0.123. The number of fused-ring (bicyclic) bond motifs is 3. The summed E-state index contributed by atoms with van der Waals surface area (Å²) >= 11 is 0. The molecule has 1 saturated carbocycles. The predicted molar refractivity (Wildman–Crippen MR) is 76.9 cm³/mol. The van der Waals surface area contributed by atoms with Gasteiger partial charge in [-0.15, -0.1) is 0 Å². The molecular weight excluding hydrogens is 248 g/mol. The molecule has 1 fully saturated rings. The highest BCUT2D eigenvalue weighted by atomic mass is 16.2. The number of nitriles is 1. The van der Waals surface area contributed by atoms with Crippen LogP contribution in [0.2, 0.25) is 0 Å². The summed E-state index contributed by atoms with van der Waals surface area (Å²) in [5, 5.41) is 12.0. The van der Waals surface area contributed by atoms with Gasteiger partial charge < -0.3 is 5.32 Å². The molecule has 20 heavy (non-hydrogen) atoms. The Morgan fingerprint density at radius 2 is 2.20 bits per heavy atom. The fraction of sp³-hybridized carbons (Fsp3) is 0.529. The van der Waals surface area contributed by atoms with Gasteiger partial charge in [-0.25, -0.2) is 0 Å². The largest absolute Gasteiger partial charge is 0.354 e. The average molecular weight is 268 g/mol. The minimum absolute atomic E-state index is 0.119. The molecule has 1 aromatic rings. The number of carbonyl (C=O) groups is 1. The quantitative estimate of drug-likeness (QED) is 0.916. The lowest BCUT2D eigenvalue weighted by Gasteiger charge is -2.15. The number of benzene rings is 1. The molecule has 0 spiro atoms. The molecule has 0 bridgehead atoms. The lowest BCUT2D eigenvalue weighted by atomic mass is 9.92. The Morgan fingerprint density at radius 1 is 1.45 bits per heavy atom. The summed E-state index contributed by atoms with van der Waals surface area (Å²) in [6, 6.07) is 10.7. The summed E-state index contributed by atoms with van der Waals surface area (Å²) < 4.78 is 0. The number of hydrogen-bond acceptors (Lipinski definition) is 2. The molecule has 3 nitrogen and oxygen atoms in total. The minimum Gasteiger partial charge on any atom is -0.354 e. The standard InChI is InChI=1S/C17H20N2O/c1-17(2,9-18)10-19-16(20)15-13-8-7-11-5-3-4-6-12(11)14(13)15/h3-6,13-15H,7-8,10H2,1-2H3,(H,19,20). The van der Waals surface area contributed by atoms with Gasteiger partial charge in [0.15, 0.2) is 0 Å². The van der Waals surface area contributed by atoms with Crippen LogP contribution in [0.4, 0.5) is 0 Å². The maximum absolute atomic E-state index is 12.3. The van der Waals surface area contributed by atoms with E-state index in [2.05, 4.69) is 35.7 Å². The Hall–Kier alpha value is -1.82. The molecule has 0 aromatic heterocycles. The van der Waals surface area contributed by atoms with Gasteiger partial charge in [0.25, 0.3) is 0 Å². The number of aryl methyl sites for hydroxylation is 1. The maximum atomic E-state index is 12.3. The SMILES string of the molecule is CC(C)(C#N)CNC(=O)C1C2CCc3ccccc3C21. The van der Waals surface area contributed by atoms with Crippen LogP contribution in [0, 0.1) is 28.6 Å². The van der Waals surface area contributed by atoms with Gasteiger partial charge >= 0.3 is 0 Å². The maximum Gasteiger partial charge on any atom is 0.224 e. The molecule has 1 aromatic carbocycles. The van der Waals surface area contributed by atoms with Gasteiger partial charge in [0.1, 0.15) is 0 Å². The first-order chi connectivity index (χ1) is 9.53. The summed E-state index contributed by atoms with van der Waals surface area (Å²) in [6.45, 7) is 4.13. The molecule has 0 aliphatic heterocycles. The van der Waals surface area contributed by atoms with Gasteiger partial charge in [-0.3, -0.25) is 4.79 Å². The minimum atomic E-state index is -0.492. The number of hydrogen-bond donors (Lipinski definition) is 1. The van der Waals surface area contributed by atoms with Crippen LogP contribution in [0.5, 0.6) is 0 Å². The number of carbonyl (C=O) groups excluding carboxylic acids is 1. The van der Waals surface area contributed by atoms with Crippen molar-refractivity contribution in [1.82, 2.24) is 5.32 Å². The third-order valence-corrected chi connectivity index (χ3v) is 4.64. The van der Waals surface area contributed by atoms with Gasteiger partial charge in [-0.2, -0.15) is 5.26 Å². The predicted octanol–water partition coefficient (Wildman–Crippen LogP) is 2.63. The van der Waals surface area contributed by atoms with Crippen molar-refractivity contribution in [1.29, 1.82) is 5.26 Å². The van der Waals surface area contributed by atoms with Gasteiger partial charge in [0, 0.05) is 12.5 Å². The molecule has 104 valence electrons. The summed E-state index contributed by atoms with van der Waals surface area (Å²) in [5.74, 6) is 1.16. The van der Waals surface area contributed by atoms with Crippen molar-refractivity contribution in [3.8, 4) is 6.07 Å². The molecule has 1 amide bonds. The molecular formula is C17H20N2O. The topological polar surface area (TPSA) is 52.9 Å². The Labute approximate surface area is 120 Å². The van der Waals surface area contributed by atoms with Crippen molar-refractivity contribution in [3.05, 3.63) is 35.4 Å². The molecule has 0 saturated heterocycles. The highest BCUT2D eigenvalue weighted by molar-refractivity contribution is 5.84. The van der Waals surface area contributed by atoms with Crippen LogP contribution >= 0.6 is 0 Å². The Balaban J connectivity index is 1.67. The molecule has 2 aliphatic rings. The molecule has 0 heterocycles. The summed E-state index contributed by atoms with van der Waals surface area (Å²) in [4.78, 5) is 12.3. The van der Waals surface area contributed by atoms with E-state index in [0.717, 1.165) is 12.8 Å². The first-order valence-corrected chi connectivity index (χ1v) is 7.30. The van der Waals surface area contributed by atoms with E-state index in [1.807, 2.05) is 13.8 Å². The Morgan fingerprint density at radius 3 is 2.95 bits per heavy atom. The number of amides is 1. The van der Waals surface area contributed by atoms with E-state index in [-0.39, 0.29) is 11.8 Å². The van der Waals surface area contributed by atoms with Crippen molar-refractivity contribution in [3.63, 3.8) is 0 Å². The van der Waals surface area contributed by atoms with E-state index in [9.17, 15) is 4.79 Å². The molecule has 2 aliphatic carbocycles. The average Bonchev–Trinajstić information content (AvgIpc) is 3.20. The zero-order valence-corrected chi connectivity index (χ0v) is 12.0. The fourth-order valence-electron chi connectivity index (χ4n) is 3.39. The van der Waals surface area contributed by atoms with Crippen LogP contribution in [0.15, 0.2) is 24.3 Å². The monoisotopic (exact) mass is 268 g/mol. The van der Waals surface area contributed by atoms with Crippen molar-refractivity contribution in [2.75, 3.05) is 6.54 Å². The fourth-order valence-corrected chi connectivity index (χ4v) is 3.39. The third kappa shape index (κ3) is 2.20. The van der Waals surface area contributed by atoms with Crippen LogP contribution in [0.1, 0.15) is 37.3 Å². The first kappa shape index (κ1) is 13.2. The van der Waals surface area contributed by atoms with Gasteiger partial charge in [0.2, 0.25) is 5.91 Å². The van der Waals surface area contributed by atoms with E-state index in [1.54, 1.807) is 0 Å². The van der Waals surface area contributed by atoms with Crippen molar-refractivity contribution in [2.45, 2.75) is 32.6 Å². The van der Waals surface area contributed by atoms with Crippen molar-refractivity contribution in [2.24, 2.45) is 17.3 Å². The number of nitrogens with one attached hydrogen (secondary N) is 1. The summed E-state index contributed by atoms with van der Waals surface area (Å²) in [7, 11) is 0. The van der Waals surface area contributed by atoms with E-state index in [1.165, 1.54) is 11.1 Å². The number of rotatable bonds is 3. The zero-order chi connectivity index (χ0) is 14.3. The van der Waals surface area contributed by atoms with Gasteiger partial charge in [-0.05, 0) is 49.7 Å². The molecule has 0 radical (unpaired) electrons. The second kappa shape index (κ2) is 4.63. The molecule has 3 atom stereocenters. The highest BCUT2D eigenvalue weighted by Crippen LogP contribution is 2.59. The molecule has 3 unspecified atom stereocenters. The van der Waals surface area contributed by atoms with Gasteiger partial charge in [-0.1, -0.05) is 24.3 Å². The van der Waals surface area contributed by atoms with Crippen LogP contribution in [-0.4, -0.2) is 12.5 Å². The second-order valence-electron chi connectivity index (χ2n) is 6.67. The van der Waals surface area contributed by atoms with Crippen molar-refractivity contribution < 1.29 is 4.79 Å². The van der Waals surface area contributed by atoms with E-state index in [0.29, 0.717) is 18.4 Å². The lowest BCUT2D eigenvalue weighted by Crippen LogP contribution is -2.34. The van der Waals surface area contributed by atoms with Crippen molar-refractivity contribution >= 4 is 5.91 Å². The molecule has 3 rings (SSSR count). The van der Waals surface area contributed by atoms with E-state index >= 15 is 0 Å². The second-order valence-corrected chi connectivity index (χ2v) is 6.67. The van der Waals surface area contributed by atoms with Crippen LogP contribution in [-0.2, 0) is 11.2 Å². The van der Waals surface area contributed by atoms with Crippen LogP contribution in [0.3, 0.4) is 0 Å². The smallest absolute Gasteiger partial charge is 0.224 e. The zero-order valence-electron chi connectivity index (χ0n) is 12.0. The Kier molecular flexibility index (Phi) is 3.05. The summed E-state index contributed by atoms with van der Waals surface area (Å²) in [5.41, 5.74) is 2.28. The normalized spacial score (nSPS) is 26.9. The first-order valence-electron chi connectivity index (χ1n) is 7.30. The van der Waals surface area contributed by atoms with Crippen LogP contribution in [0.25, 0.3) is 0 Å². The Bertz CT molecular complexity index is 585. The van der Waals surface area contributed by atoms with E-state index in [4.69, 9.17) is 5.26 Å².